The Morgan fingerprint density at radius 1 is 1.27 bits per heavy atom. The van der Waals surface area contributed by atoms with Gasteiger partial charge >= 0.3 is 0 Å². The normalized spacial score (nSPS) is 15.6. The van der Waals surface area contributed by atoms with E-state index < -0.39 is 10.0 Å². The van der Waals surface area contributed by atoms with Gasteiger partial charge in [0.1, 0.15) is 10.4 Å². The van der Waals surface area contributed by atoms with E-state index in [9.17, 15) is 13.2 Å². The van der Waals surface area contributed by atoms with E-state index in [2.05, 4.69) is 25.0 Å². The number of hydrogen-bond donors (Lipinski definition) is 2. The summed E-state index contributed by atoms with van der Waals surface area (Å²) in [4.78, 5) is 11.7. The lowest BCUT2D eigenvalue weighted by Gasteiger charge is -2.24. The molecule has 0 bridgehead atoms. The van der Waals surface area contributed by atoms with Gasteiger partial charge in [-0.15, -0.1) is 0 Å². The predicted molar refractivity (Wildman–Crippen MR) is 77.3 cm³/mol. The summed E-state index contributed by atoms with van der Waals surface area (Å²) in [5.41, 5.74) is 0.565. The van der Waals surface area contributed by atoms with Crippen molar-refractivity contribution in [1.29, 1.82) is 0 Å². The van der Waals surface area contributed by atoms with Crippen LogP contribution >= 0.6 is 0 Å². The number of carbonyl (C=O) groups excluding carboxylic acids is 1. The van der Waals surface area contributed by atoms with Crippen molar-refractivity contribution in [2.75, 3.05) is 13.1 Å². The zero-order chi connectivity index (χ0) is 15.6. The first kappa shape index (κ1) is 14.9. The van der Waals surface area contributed by atoms with E-state index in [1.807, 2.05) is 0 Å². The van der Waals surface area contributed by atoms with Gasteiger partial charge in [0, 0.05) is 19.0 Å². The molecular weight excluding hydrogens is 308 g/mol. The van der Waals surface area contributed by atoms with Gasteiger partial charge in [-0.2, -0.15) is 0 Å². The van der Waals surface area contributed by atoms with E-state index in [1.54, 1.807) is 12.1 Å². The molecule has 0 radical (unpaired) electrons. The van der Waals surface area contributed by atoms with Gasteiger partial charge in [-0.1, -0.05) is 12.5 Å². The van der Waals surface area contributed by atoms with Gasteiger partial charge in [0.2, 0.25) is 15.9 Å². The van der Waals surface area contributed by atoms with Crippen LogP contribution in [0.3, 0.4) is 0 Å². The molecule has 1 aromatic carbocycles. The fourth-order valence-corrected chi connectivity index (χ4v) is 3.44. The quantitative estimate of drug-likeness (QED) is 0.744. The summed E-state index contributed by atoms with van der Waals surface area (Å²) in [5, 5.41) is 9.95. The van der Waals surface area contributed by atoms with Crippen LogP contribution in [0, 0.1) is 5.92 Å². The van der Waals surface area contributed by atoms with E-state index in [1.165, 1.54) is 6.07 Å². The molecule has 2 aromatic rings. The number of rotatable bonds is 6. The van der Waals surface area contributed by atoms with Crippen LogP contribution < -0.4 is 10.0 Å². The molecule has 0 saturated heterocycles. The molecule has 8 nitrogen and oxygen atoms in total. The summed E-state index contributed by atoms with van der Waals surface area (Å²) in [6, 6.07) is 4.62. The number of nitrogens with one attached hydrogen (secondary N) is 2. The maximum Gasteiger partial charge on any atom is 0.242 e. The maximum absolute atomic E-state index is 12.3. The van der Waals surface area contributed by atoms with Gasteiger partial charge < -0.3 is 5.32 Å². The topological polar surface area (TPSA) is 114 Å². The zero-order valence-electron chi connectivity index (χ0n) is 11.8. The highest BCUT2D eigenvalue weighted by Crippen LogP contribution is 2.26. The van der Waals surface area contributed by atoms with Gasteiger partial charge in [0.05, 0.1) is 0 Å². The third-order valence-corrected chi connectivity index (χ3v) is 5.22. The SMILES string of the molecule is O=C(NCCNS(=O)(=O)c1cccc2nonc12)C1CCC1. The van der Waals surface area contributed by atoms with Crippen LogP contribution in [0.25, 0.3) is 11.0 Å². The van der Waals surface area contributed by atoms with E-state index in [-0.39, 0.29) is 35.3 Å². The van der Waals surface area contributed by atoms with Crippen LogP contribution in [0.1, 0.15) is 19.3 Å². The Morgan fingerprint density at radius 3 is 2.82 bits per heavy atom. The standard InChI is InChI=1S/C13H16N4O4S/c18-13(9-3-1-4-9)14-7-8-15-22(19,20)11-6-2-5-10-12(11)17-21-16-10/h2,5-6,9,15H,1,3-4,7-8H2,(H,14,18). The van der Waals surface area contributed by atoms with Crippen molar-refractivity contribution < 1.29 is 17.8 Å². The van der Waals surface area contributed by atoms with E-state index >= 15 is 0 Å². The molecule has 2 N–H and O–H groups in total. The minimum absolute atomic E-state index is 0.00625. The van der Waals surface area contributed by atoms with Crippen molar-refractivity contribution in [2.45, 2.75) is 24.2 Å². The third-order valence-electron chi connectivity index (χ3n) is 3.73. The molecule has 0 atom stereocenters. The molecule has 9 heteroatoms. The lowest BCUT2D eigenvalue weighted by atomic mass is 9.85. The number of carbonyl (C=O) groups is 1. The highest BCUT2D eigenvalue weighted by atomic mass is 32.2. The largest absolute Gasteiger partial charge is 0.355 e. The summed E-state index contributed by atoms with van der Waals surface area (Å²) in [6.07, 6.45) is 2.91. The number of aromatic nitrogens is 2. The molecule has 118 valence electrons. The Bertz CT molecular complexity index is 782. The van der Waals surface area contributed by atoms with Gasteiger partial charge in [0.25, 0.3) is 0 Å². The van der Waals surface area contributed by atoms with Gasteiger partial charge in [0.15, 0.2) is 5.52 Å². The van der Waals surface area contributed by atoms with Crippen LogP contribution in [-0.2, 0) is 14.8 Å². The number of amides is 1. The van der Waals surface area contributed by atoms with E-state index in [0.717, 1.165) is 19.3 Å². The number of nitrogens with zero attached hydrogens (tertiary/aromatic N) is 2. The summed E-state index contributed by atoms with van der Waals surface area (Å²) in [6.45, 7) is 0.365. The number of fused-ring (bicyclic) bond motifs is 1. The van der Waals surface area contributed by atoms with Crippen molar-refractivity contribution in [3.8, 4) is 0 Å². The minimum atomic E-state index is -3.73. The Morgan fingerprint density at radius 2 is 2.09 bits per heavy atom. The second-order valence-corrected chi connectivity index (χ2v) is 6.94. The van der Waals surface area contributed by atoms with Crippen molar-refractivity contribution in [3.63, 3.8) is 0 Å². The fraction of sp³-hybridized carbons (Fsp3) is 0.462. The second-order valence-electron chi connectivity index (χ2n) is 5.20. The lowest BCUT2D eigenvalue weighted by Crippen LogP contribution is -2.39. The Labute approximate surface area is 127 Å². The number of hydrogen-bond acceptors (Lipinski definition) is 6. The fourth-order valence-electron chi connectivity index (χ4n) is 2.26. The zero-order valence-corrected chi connectivity index (χ0v) is 12.6. The molecule has 1 aromatic heterocycles. The highest BCUT2D eigenvalue weighted by molar-refractivity contribution is 7.89. The Kier molecular flexibility index (Phi) is 4.08. The molecule has 0 unspecified atom stereocenters. The predicted octanol–water partition coefficient (Wildman–Crippen LogP) is 0.417. The van der Waals surface area contributed by atoms with Crippen LogP contribution in [0.2, 0.25) is 0 Å². The van der Waals surface area contributed by atoms with Gasteiger partial charge in [-0.3, -0.25) is 4.79 Å². The van der Waals surface area contributed by atoms with Gasteiger partial charge in [-0.05, 0) is 35.3 Å². The molecule has 1 fully saturated rings. The smallest absolute Gasteiger partial charge is 0.242 e. The first-order chi connectivity index (χ1) is 10.6. The summed E-state index contributed by atoms with van der Waals surface area (Å²) >= 11 is 0. The molecule has 22 heavy (non-hydrogen) atoms. The number of sulfonamides is 1. The Hall–Kier alpha value is -2.00. The van der Waals surface area contributed by atoms with Crippen LogP contribution in [0.15, 0.2) is 27.7 Å². The van der Waals surface area contributed by atoms with E-state index in [4.69, 9.17) is 0 Å². The number of benzene rings is 1. The van der Waals surface area contributed by atoms with Crippen LogP contribution in [-0.4, -0.2) is 37.7 Å². The molecule has 1 aliphatic carbocycles. The van der Waals surface area contributed by atoms with Gasteiger partial charge in [-0.25, -0.2) is 17.8 Å². The van der Waals surface area contributed by atoms with Crippen LogP contribution in [0.5, 0.6) is 0 Å². The third kappa shape index (κ3) is 2.95. The molecule has 0 spiro atoms. The molecule has 3 rings (SSSR count). The first-order valence-corrected chi connectivity index (χ1v) is 8.55. The molecule has 1 aliphatic rings. The Balaban J connectivity index is 1.59. The molecule has 1 saturated carbocycles. The maximum atomic E-state index is 12.3. The lowest BCUT2D eigenvalue weighted by molar-refractivity contribution is -0.127. The average Bonchev–Trinajstić information content (AvgIpc) is 2.89. The summed E-state index contributed by atoms with van der Waals surface area (Å²) in [7, 11) is -3.73. The molecule has 1 heterocycles. The second kappa shape index (κ2) is 6.01. The minimum Gasteiger partial charge on any atom is -0.355 e. The van der Waals surface area contributed by atoms with Crippen molar-refractivity contribution in [3.05, 3.63) is 18.2 Å². The van der Waals surface area contributed by atoms with Crippen LogP contribution in [0.4, 0.5) is 0 Å². The average molecular weight is 324 g/mol. The first-order valence-electron chi connectivity index (χ1n) is 7.06. The van der Waals surface area contributed by atoms with E-state index in [0.29, 0.717) is 5.52 Å². The van der Waals surface area contributed by atoms with Crippen molar-refractivity contribution >= 4 is 27.0 Å². The summed E-state index contributed by atoms with van der Waals surface area (Å²) < 4.78 is 31.5. The van der Waals surface area contributed by atoms with Crippen molar-refractivity contribution in [1.82, 2.24) is 20.4 Å². The summed E-state index contributed by atoms with van der Waals surface area (Å²) in [5.74, 6) is 0.0832. The van der Waals surface area contributed by atoms with Crippen molar-refractivity contribution in [2.24, 2.45) is 5.92 Å². The highest BCUT2D eigenvalue weighted by Gasteiger charge is 2.25. The molecule has 0 aliphatic heterocycles. The molecule has 1 amide bonds. The monoisotopic (exact) mass is 324 g/mol. The molecular formula is C13H16N4O4S.